The monoisotopic (exact) mass is 520 g/mol. The van der Waals surface area contributed by atoms with Gasteiger partial charge >= 0.3 is 5.97 Å². The molecule has 6 aliphatic rings. The Morgan fingerprint density at radius 2 is 1.65 bits per heavy atom. The van der Waals surface area contributed by atoms with Crippen LogP contribution >= 0.6 is 0 Å². The number of carbonyl (C=O) groups is 1. The maximum absolute atomic E-state index is 12.2. The molecule has 37 heavy (non-hydrogen) atoms. The van der Waals surface area contributed by atoms with Crippen LogP contribution in [0.5, 0.6) is 0 Å². The second-order valence-electron chi connectivity index (χ2n) is 15.1. The highest BCUT2D eigenvalue weighted by atomic mass is 16.7. The van der Waals surface area contributed by atoms with Gasteiger partial charge in [0.15, 0.2) is 5.79 Å². The summed E-state index contributed by atoms with van der Waals surface area (Å²) in [5.74, 6) is -0.172. The quantitative estimate of drug-likeness (QED) is 0.452. The number of hydrogen-bond acceptors (Lipinski definition) is 7. The lowest BCUT2D eigenvalue weighted by atomic mass is 9.43. The molecule has 7 nitrogen and oxygen atoms in total. The Balaban J connectivity index is 1.31. The summed E-state index contributed by atoms with van der Waals surface area (Å²) < 4.78 is 18.9. The van der Waals surface area contributed by atoms with Gasteiger partial charge in [0.25, 0.3) is 0 Å². The predicted molar refractivity (Wildman–Crippen MR) is 136 cm³/mol. The Kier molecular flexibility index (Phi) is 5.68. The molecule has 2 aliphatic heterocycles. The van der Waals surface area contributed by atoms with Crippen molar-refractivity contribution in [3.05, 3.63) is 0 Å². The molecular weight excluding hydrogens is 472 g/mol. The Labute approximate surface area is 221 Å². The van der Waals surface area contributed by atoms with Crippen molar-refractivity contribution in [2.24, 2.45) is 46.3 Å². The summed E-state index contributed by atoms with van der Waals surface area (Å²) in [6, 6.07) is 0. The highest BCUT2D eigenvalue weighted by molar-refractivity contribution is 5.66. The first kappa shape index (κ1) is 26.5. The molecule has 4 saturated carbocycles. The average molecular weight is 521 g/mol. The third kappa shape index (κ3) is 3.39. The van der Waals surface area contributed by atoms with Crippen LogP contribution in [0.4, 0.5) is 0 Å². The number of carbonyl (C=O) groups excluding carboxylic acids is 1. The fourth-order valence-corrected chi connectivity index (χ4v) is 11.0. The topological polar surface area (TPSA) is 105 Å². The molecule has 14 atom stereocenters. The Morgan fingerprint density at radius 1 is 0.946 bits per heavy atom. The van der Waals surface area contributed by atoms with Crippen molar-refractivity contribution < 1.29 is 34.3 Å². The summed E-state index contributed by atoms with van der Waals surface area (Å²) in [5.41, 5.74) is -1.98. The van der Waals surface area contributed by atoms with E-state index in [0.29, 0.717) is 43.4 Å². The smallest absolute Gasteiger partial charge is 0.302 e. The largest absolute Gasteiger partial charge is 0.460 e. The van der Waals surface area contributed by atoms with E-state index < -0.39 is 29.7 Å². The summed E-state index contributed by atoms with van der Waals surface area (Å²) in [6.07, 6.45) is 3.63. The van der Waals surface area contributed by atoms with Gasteiger partial charge in [-0.2, -0.15) is 0 Å². The zero-order valence-electron chi connectivity index (χ0n) is 23.7. The molecular formula is C30H48O7. The molecule has 2 heterocycles. The first-order valence-corrected chi connectivity index (χ1v) is 14.7. The van der Waals surface area contributed by atoms with Crippen molar-refractivity contribution >= 4 is 5.97 Å². The third-order valence-electron chi connectivity index (χ3n) is 12.8. The predicted octanol–water partition coefficient (Wildman–Crippen LogP) is 3.81. The van der Waals surface area contributed by atoms with Gasteiger partial charge in [-0.25, -0.2) is 0 Å². The van der Waals surface area contributed by atoms with Gasteiger partial charge in [0, 0.05) is 19.3 Å². The number of rotatable bonds is 1. The summed E-state index contributed by atoms with van der Waals surface area (Å²) in [5, 5.41) is 34.9. The SMILES string of the molecule is CC(=O)O[C@@H]1C[C@@]2(C)[C@@H](CC[C@@H]3[C@@H]2[C@@H](O)C[C@@]2(C)[C@H]3C[C@@H]3O[C@@]4(C[C@H](C)C(C)(C)O4)[C@](C)(O)[C@@H]32)C[C@@H]1O. The van der Waals surface area contributed by atoms with Crippen molar-refractivity contribution in [1.82, 2.24) is 0 Å². The molecule has 7 heteroatoms. The van der Waals surface area contributed by atoms with E-state index in [4.69, 9.17) is 14.2 Å². The minimum atomic E-state index is -1.15. The number of aliphatic hydroxyl groups excluding tert-OH is 2. The van der Waals surface area contributed by atoms with Crippen LogP contribution in [0.2, 0.25) is 0 Å². The molecule has 0 aromatic carbocycles. The molecule has 3 N–H and O–H groups in total. The zero-order valence-corrected chi connectivity index (χ0v) is 23.7. The molecule has 2 saturated heterocycles. The Morgan fingerprint density at radius 3 is 2.27 bits per heavy atom. The van der Waals surface area contributed by atoms with Crippen molar-refractivity contribution in [3.63, 3.8) is 0 Å². The van der Waals surface area contributed by atoms with E-state index in [9.17, 15) is 20.1 Å². The van der Waals surface area contributed by atoms with Crippen LogP contribution in [-0.4, -0.2) is 62.7 Å². The second-order valence-corrected chi connectivity index (χ2v) is 15.1. The fourth-order valence-electron chi connectivity index (χ4n) is 11.0. The van der Waals surface area contributed by atoms with Gasteiger partial charge in [-0.3, -0.25) is 4.79 Å². The van der Waals surface area contributed by atoms with Gasteiger partial charge in [0.05, 0.1) is 23.9 Å². The summed E-state index contributed by atoms with van der Waals surface area (Å²) in [7, 11) is 0. The van der Waals surface area contributed by atoms with Crippen LogP contribution in [0.3, 0.4) is 0 Å². The van der Waals surface area contributed by atoms with Gasteiger partial charge in [-0.15, -0.1) is 0 Å². The van der Waals surface area contributed by atoms with Gasteiger partial charge in [0.2, 0.25) is 0 Å². The van der Waals surface area contributed by atoms with E-state index in [1.54, 1.807) is 0 Å². The lowest BCUT2D eigenvalue weighted by molar-refractivity contribution is -0.300. The molecule has 4 aliphatic carbocycles. The van der Waals surface area contributed by atoms with Gasteiger partial charge < -0.3 is 29.5 Å². The van der Waals surface area contributed by atoms with Crippen molar-refractivity contribution in [1.29, 1.82) is 0 Å². The molecule has 0 amide bonds. The van der Waals surface area contributed by atoms with Crippen LogP contribution in [0.25, 0.3) is 0 Å². The lowest BCUT2D eigenvalue weighted by Gasteiger charge is -2.63. The number of ether oxygens (including phenoxy) is 3. The molecule has 6 rings (SSSR count). The van der Waals surface area contributed by atoms with Gasteiger partial charge in [-0.05, 0) is 99.7 Å². The number of hydrogen-bond donors (Lipinski definition) is 3. The highest BCUT2D eigenvalue weighted by Crippen LogP contribution is 2.72. The standard InChI is InChI=1S/C30H48O7/c1-15-12-30(37-26(15,3)4)29(7,34)25-22(36-30)11-19-18-9-8-17-10-20(32)23(35-16(2)31)14-27(17,5)24(18)21(33)13-28(19,25)6/h15,17-25,32-34H,8-14H2,1-7H3/t15-,17-,18-,19-,20-,21-,22-,23+,24+,25-,27-,28-,29+,30+/m0/s1. The first-order chi connectivity index (χ1) is 17.1. The molecule has 0 aromatic rings. The van der Waals surface area contributed by atoms with Crippen molar-refractivity contribution in [3.8, 4) is 0 Å². The maximum Gasteiger partial charge on any atom is 0.302 e. The van der Waals surface area contributed by atoms with Gasteiger partial charge in [0.1, 0.15) is 11.7 Å². The van der Waals surface area contributed by atoms with E-state index in [-0.39, 0.29) is 46.3 Å². The van der Waals surface area contributed by atoms with Gasteiger partial charge in [-0.1, -0.05) is 20.8 Å². The van der Waals surface area contributed by atoms with Crippen molar-refractivity contribution in [2.75, 3.05) is 0 Å². The number of esters is 1. The Hall–Kier alpha value is -0.730. The van der Waals surface area contributed by atoms with E-state index in [0.717, 1.165) is 19.3 Å². The average Bonchev–Trinajstić information content (AvgIpc) is 3.26. The van der Waals surface area contributed by atoms with E-state index in [1.807, 2.05) is 6.92 Å². The first-order valence-electron chi connectivity index (χ1n) is 14.7. The summed E-state index contributed by atoms with van der Waals surface area (Å²) in [6.45, 7) is 14.2. The summed E-state index contributed by atoms with van der Waals surface area (Å²) >= 11 is 0. The highest BCUT2D eigenvalue weighted by Gasteiger charge is 2.77. The molecule has 0 radical (unpaired) electrons. The van der Waals surface area contributed by atoms with E-state index in [1.165, 1.54) is 6.92 Å². The second kappa shape index (κ2) is 7.93. The zero-order chi connectivity index (χ0) is 26.9. The minimum absolute atomic E-state index is 0.0781. The maximum atomic E-state index is 12.2. The molecule has 1 spiro atoms. The molecule has 210 valence electrons. The number of fused-ring (bicyclic) bond motifs is 7. The van der Waals surface area contributed by atoms with Crippen LogP contribution in [-0.2, 0) is 19.0 Å². The van der Waals surface area contributed by atoms with Crippen LogP contribution in [0.1, 0.15) is 93.4 Å². The molecule has 0 unspecified atom stereocenters. The Bertz CT molecular complexity index is 964. The number of aliphatic hydroxyl groups is 3. The van der Waals surface area contributed by atoms with Crippen LogP contribution in [0, 0.1) is 46.3 Å². The van der Waals surface area contributed by atoms with Crippen LogP contribution < -0.4 is 0 Å². The normalized spacial score (nSPS) is 59.9. The molecule has 0 aromatic heterocycles. The van der Waals surface area contributed by atoms with E-state index in [2.05, 4.69) is 34.6 Å². The van der Waals surface area contributed by atoms with Crippen molar-refractivity contribution in [2.45, 2.75) is 135 Å². The van der Waals surface area contributed by atoms with E-state index >= 15 is 0 Å². The lowest BCUT2D eigenvalue weighted by Crippen LogP contribution is -2.63. The fraction of sp³-hybridized carbons (Fsp3) is 0.967. The minimum Gasteiger partial charge on any atom is -0.460 e. The van der Waals surface area contributed by atoms with Crippen LogP contribution in [0.15, 0.2) is 0 Å². The summed E-state index contributed by atoms with van der Waals surface area (Å²) in [4.78, 5) is 11.8. The molecule has 0 bridgehead atoms. The molecule has 6 fully saturated rings. The third-order valence-corrected chi connectivity index (χ3v) is 12.8.